The predicted octanol–water partition coefficient (Wildman–Crippen LogP) is 1.86. The van der Waals surface area contributed by atoms with Crippen molar-refractivity contribution in [2.75, 3.05) is 38.1 Å². The zero-order chi connectivity index (χ0) is 15.2. The zero-order valence-corrected chi connectivity index (χ0v) is 12.8. The number of amides is 1. The molecule has 0 bridgehead atoms. The molecule has 0 aromatic heterocycles. The Bertz CT molecular complexity index is 463. The number of hydrogen-bond donors (Lipinski definition) is 1. The minimum absolute atomic E-state index is 0.0702. The molecule has 1 aliphatic rings. The summed E-state index contributed by atoms with van der Waals surface area (Å²) < 4.78 is 13.0. The third-order valence-electron chi connectivity index (χ3n) is 4.03. The summed E-state index contributed by atoms with van der Waals surface area (Å²) in [5.41, 5.74) is 0.756. The van der Waals surface area contributed by atoms with Crippen LogP contribution in [0.5, 0.6) is 0 Å². The summed E-state index contributed by atoms with van der Waals surface area (Å²) in [6.45, 7) is 4.82. The van der Waals surface area contributed by atoms with Gasteiger partial charge in [0, 0.05) is 24.8 Å². The van der Waals surface area contributed by atoms with Crippen molar-refractivity contribution >= 4 is 11.6 Å². The molecule has 1 aromatic rings. The quantitative estimate of drug-likeness (QED) is 0.900. The molecule has 1 amide bonds. The van der Waals surface area contributed by atoms with Crippen LogP contribution in [0.15, 0.2) is 24.3 Å². The van der Waals surface area contributed by atoms with Gasteiger partial charge in [0.05, 0.1) is 6.54 Å². The summed E-state index contributed by atoms with van der Waals surface area (Å²) >= 11 is 0. The maximum atomic E-state index is 13.0. The minimum Gasteiger partial charge on any atom is -0.316 e. The average Bonchev–Trinajstić information content (AvgIpc) is 2.50. The number of nitrogens with zero attached hydrogens (tertiary/aromatic N) is 2. The normalized spacial score (nSPS) is 19.5. The van der Waals surface area contributed by atoms with E-state index in [4.69, 9.17) is 0 Å². The van der Waals surface area contributed by atoms with Crippen molar-refractivity contribution in [3.05, 3.63) is 30.1 Å². The van der Waals surface area contributed by atoms with E-state index >= 15 is 0 Å². The molecule has 1 unspecified atom stereocenters. The van der Waals surface area contributed by atoms with Gasteiger partial charge >= 0.3 is 0 Å². The molecular formula is C16H24FN3O. The van der Waals surface area contributed by atoms with Gasteiger partial charge in [-0.05, 0) is 57.6 Å². The van der Waals surface area contributed by atoms with E-state index in [1.54, 1.807) is 17.0 Å². The Morgan fingerprint density at radius 2 is 2.14 bits per heavy atom. The number of carbonyl (C=O) groups excluding carboxylic acids is 1. The number of likely N-dealkylation sites (tertiary alicyclic amines) is 1. The topological polar surface area (TPSA) is 35.6 Å². The molecule has 1 atom stereocenters. The molecular weight excluding hydrogens is 269 g/mol. The fourth-order valence-electron chi connectivity index (χ4n) is 2.84. The highest BCUT2D eigenvalue weighted by Gasteiger charge is 2.22. The van der Waals surface area contributed by atoms with Gasteiger partial charge < -0.3 is 10.2 Å². The highest BCUT2D eigenvalue weighted by atomic mass is 19.1. The minimum atomic E-state index is -0.282. The Hall–Kier alpha value is -1.46. The molecule has 1 saturated heterocycles. The van der Waals surface area contributed by atoms with Gasteiger partial charge in [-0.15, -0.1) is 0 Å². The summed E-state index contributed by atoms with van der Waals surface area (Å²) in [6.07, 6.45) is 2.28. The maximum Gasteiger partial charge on any atom is 0.241 e. The van der Waals surface area contributed by atoms with Crippen molar-refractivity contribution in [1.29, 1.82) is 0 Å². The van der Waals surface area contributed by atoms with Crippen molar-refractivity contribution < 1.29 is 9.18 Å². The maximum absolute atomic E-state index is 13.0. The van der Waals surface area contributed by atoms with Crippen molar-refractivity contribution in [3.8, 4) is 0 Å². The molecule has 5 heteroatoms. The molecule has 2 rings (SSSR count). The Labute approximate surface area is 125 Å². The monoisotopic (exact) mass is 293 g/mol. The third kappa shape index (κ3) is 4.25. The van der Waals surface area contributed by atoms with Crippen LogP contribution in [0.2, 0.25) is 0 Å². The first-order chi connectivity index (χ1) is 10.1. The Morgan fingerprint density at radius 3 is 2.76 bits per heavy atom. The van der Waals surface area contributed by atoms with Crippen LogP contribution in [0.3, 0.4) is 0 Å². The lowest BCUT2D eigenvalue weighted by Gasteiger charge is -2.33. The first-order valence-electron chi connectivity index (χ1n) is 7.59. The number of rotatable bonds is 5. The standard InChI is InChI=1S/C16H24FN3O/c1-3-20(15-8-6-13(17)7-9-15)16(21)12-19-10-4-5-14(11-19)18-2/h6-9,14,18H,3-5,10-12H2,1-2H3. The summed E-state index contributed by atoms with van der Waals surface area (Å²) in [5, 5.41) is 3.28. The van der Waals surface area contributed by atoms with Crippen molar-refractivity contribution in [2.24, 2.45) is 0 Å². The average molecular weight is 293 g/mol. The van der Waals surface area contributed by atoms with Gasteiger partial charge in [0.15, 0.2) is 0 Å². The van der Waals surface area contributed by atoms with E-state index in [1.165, 1.54) is 12.1 Å². The fraction of sp³-hybridized carbons (Fsp3) is 0.562. The highest BCUT2D eigenvalue weighted by Crippen LogP contribution is 2.16. The number of benzene rings is 1. The van der Waals surface area contributed by atoms with E-state index in [2.05, 4.69) is 10.2 Å². The number of nitrogens with one attached hydrogen (secondary N) is 1. The summed E-state index contributed by atoms with van der Waals surface area (Å²) in [7, 11) is 1.97. The molecule has 0 aliphatic carbocycles. The molecule has 21 heavy (non-hydrogen) atoms. The van der Waals surface area contributed by atoms with Gasteiger partial charge in [0.25, 0.3) is 0 Å². The SMILES string of the molecule is CCN(C(=O)CN1CCCC(NC)C1)c1ccc(F)cc1. The predicted molar refractivity (Wildman–Crippen MR) is 82.9 cm³/mol. The van der Waals surface area contributed by atoms with Crippen LogP contribution in [-0.2, 0) is 4.79 Å². The van der Waals surface area contributed by atoms with Crippen molar-refractivity contribution in [2.45, 2.75) is 25.8 Å². The zero-order valence-electron chi connectivity index (χ0n) is 12.8. The van der Waals surface area contributed by atoms with Crippen molar-refractivity contribution in [1.82, 2.24) is 10.2 Å². The second-order valence-corrected chi connectivity index (χ2v) is 5.48. The molecule has 1 aliphatic heterocycles. The number of likely N-dealkylation sites (N-methyl/N-ethyl adjacent to an activating group) is 2. The van der Waals surface area contributed by atoms with Gasteiger partial charge in [-0.3, -0.25) is 9.69 Å². The van der Waals surface area contributed by atoms with Crippen molar-refractivity contribution in [3.63, 3.8) is 0 Å². The lowest BCUT2D eigenvalue weighted by Crippen LogP contribution is -2.48. The largest absolute Gasteiger partial charge is 0.316 e. The number of piperidine rings is 1. The molecule has 4 nitrogen and oxygen atoms in total. The lowest BCUT2D eigenvalue weighted by molar-refractivity contribution is -0.120. The summed E-state index contributed by atoms with van der Waals surface area (Å²) in [5.74, 6) is -0.212. The van der Waals surface area contributed by atoms with Crippen LogP contribution in [0.1, 0.15) is 19.8 Å². The molecule has 0 saturated carbocycles. The molecule has 1 N–H and O–H groups in total. The molecule has 116 valence electrons. The first-order valence-corrected chi connectivity index (χ1v) is 7.59. The molecule has 1 heterocycles. The molecule has 0 radical (unpaired) electrons. The van der Waals surface area contributed by atoms with E-state index in [0.717, 1.165) is 31.6 Å². The fourth-order valence-corrected chi connectivity index (χ4v) is 2.84. The van der Waals surface area contributed by atoms with Crippen LogP contribution >= 0.6 is 0 Å². The second kappa shape index (κ2) is 7.52. The van der Waals surface area contributed by atoms with Crippen LogP contribution in [-0.4, -0.2) is 50.1 Å². The lowest BCUT2D eigenvalue weighted by atomic mass is 10.1. The second-order valence-electron chi connectivity index (χ2n) is 5.48. The molecule has 1 aromatic carbocycles. The first kappa shape index (κ1) is 15.9. The number of carbonyl (C=O) groups is 1. The smallest absolute Gasteiger partial charge is 0.241 e. The van der Waals surface area contributed by atoms with Gasteiger partial charge in [-0.25, -0.2) is 4.39 Å². The third-order valence-corrected chi connectivity index (χ3v) is 4.03. The van der Waals surface area contributed by atoms with E-state index < -0.39 is 0 Å². The molecule has 0 spiro atoms. The Kier molecular flexibility index (Phi) is 5.70. The van der Waals surface area contributed by atoms with Gasteiger partial charge in [-0.2, -0.15) is 0 Å². The van der Waals surface area contributed by atoms with Crippen LogP contribution < -0.4 is 10.2 Å². The van der Waals surface area contributed by atoms with Gasteiger partial charge in [0.2, 0.25) is 5.91 Å². The number of anilines is 1. The van der Waals surface area contributed by atoms with E-state index in [9.17, 15) is 9.18 Å². The Morgan fingerprint density at radius 1 is 1.43 bits per heavy atom. The van der Waals surface area contributed by atoms with Crippen LogP contribution in [0.4, 0.5) is 10.1 Å². The van der Waals surface area contributed by atoms with Crippen LogP contribution in [0.25, 0.3) is 0 Å². The van der Waals surface area contributed by atoms with Crippen LogP contribution in [0, 0.1) is 5.82 Å². The molecule has 1 fully saturated rings. The van der Waals surface area contributed by atoms with E-state index in [1.807, 2.05) is 14.0 Å². The number of hydrogen-bond acceptors (Lipinski definition) is 3. The summed E-state index contributed by atoms with van der Waals surface area (Å²) in [6, 6.07) is 6.56. The van der Waals surface area contributed by atoms with Gasteiger partial charge in [0.1, 0.15) is 5.82 Å². The highest BCUT2D eigenvalue weighted by molar-refractivity contribution is 5.94. The number of halogens is 1. The van der Waals surface area contributed by atoms with E-state index in [0.29, 0.717) is 19.1 Å². The summed E-state index contributed by atoms with van der Waals surface area (Å²) in [4.78, 5) is 16.4. The Balaban J connectivity index is 1.98. The van der Waals surface area contributed by atoms with Gasteiger partial charge in [-0.1, -0.05) is 0 Å². The van der Waals surface area contributed by atoms with E-state index in [-0.39, 0.29) is 11.7 Å².